The minimum Gasteiger partial charge on any atom is -0.466 e. The molecule has 0 radical (unpaired) electrons. The summed E-state index contributed by atoms with van der Waals surface area (Å²) < 4.78 is 42.3. The van der Waals surface area contributed by atoms with Gasteiger partial charge >= 0.3 is 64.3 Å². The number of ether oxygens (including phenoxy) is 1. The topological polar surface area (TPSA) is 26.3 Å². The van der Waals surface area contributed by atoms with Gasteiger partial charge in [-0.25, -0.2) is 0 Å². The van der Waals surface area contributed by atoms with Crippen molar-refractivity contribution < 1.29 is 73.9 Å². The molecule has 0 aromatic rings. The molecule has 0 bridgehead atoms. The van der Waals surface area contributed by atoms with Gasteiger partial charge in [-0.2, -0.15) is 0 Å². The predicted octanol–water partition coefficient (Wildman–Crippen LogP) is -0.327. The largest absolute Gasteiger partial charge is 1.00 e. The molecule has 1 fully saturated rings. The molecule has 2 nitrogen and oxygen atoms in total. The Labute approximate surface area is 136 Å². The molecule has 0 saturated heterocycles. The molecule has 0 N–H and O–H groups in total. The fourth-order valence-electron chi connectivity index (χ4n) is 2.26. The number of rotatable bonds is 4. The van der Waals surface area contributed by atoms with E-state index in [1.807, 2.05) is 0 Å². The molecule has 0 heterocycles. The van der Waals surface area contributed by atoms with E-state index in [0.29, 0.717) is 0 Å². The van der Waals surface area contributed by atoms with E-state index in [0.717, 1.165) is 0 Å². The van der Waals surface area contributed by atoms with Crippen molar-refractivity contribution in [2.45, 2.75) is 26.6 Å². The average molecular weight is 262 g/mol. The van der Waals surface area contributed by atoms with Crippen molar-refractivity contribution >= 4 is 12.9 Å². The minimum absolute atomic E-state index is 0. The van der Waals surface area contributed by atoms with Gasteiger partial charge in [0.2, 0.25) is 0 Å². The van der Waals surface area contributed by atoms with Gasteiger partial charge in [0, 0.05) is 5.92 Å². The Morgan fingerprint density at radius 1 is 1.38 bits per heavy atom. The molecule has 0 amide bonds. The Bertz CT molecular complexity index is 258. The Morgan fingerprint density at radius 3 is 2.12 bits per heavy atom. The zero-order valence-electron chi connectivity index (χ0n) is 10.0. The van der Waals surface area contributed by atoms with Gasteiger partial charge in [-0.15, -0.1) is 0 Å². The first-order valence-corrected chi connectivity index (χ1v) is 5.17. The van der Waals surface area contributed by atoms with Crippen LogP contribution in [0.4, 0.5) is 12.9 Å². The van der Waals surface area contributed by atoms with E-state index in [4.69, 9.17) is 0 Å². The average Bonchev–Trinajstić information content (AvgIpc) is 2.77. The van der Waals surface area contributed by atoms with Crippen molar-refractivity contribution in [3.63, 3.8) is 0 Å². The molecule has 0 aliphatic heterocycles. The summed E-state index contributed by atoms with van der Waals surface area (Å²) in [6, 6.07) is 0. The number of carbonyl (C=O) groups excluding carboxylic acids is 1. The summed E-state index contributed by atoms with van der Waals surface area (Å²) in [5.41, 5.74) is 0. The molecule has 1 saturated carbocycles. The SMILES string of the molecule is CCOC(=O)C1C(C(C)C)C1[B-](F)(F)F.[K+]. The first-order chi connectivity index (χ1) is 6.80. The van der Waals surface area contributed by atoms with Crippen LogP contribution < -0.4 is 51.4 Å². The maximum atomic E-state index is 12.6. The number of esters is 1. The molecule has 1 rings (SSSR count). The van der Waals surface area contributed by atoms with Crippen molar-refractivity contribution in [3.05, 3.63) is 0 Å². The van der Waals surface area contributed by atoms with Gasteiger partial charge in [0.15, 0.2) is 0 Å². The Morgan fingerprint density at radius 2 is 1.88 bits per heavy atom. The number of halogens is 3. The molecule has 88 valence electrons. The van der Waals surface area contributed by atoms with Crippen LogP contribution in [0.15, 0.2) is 0 Å². The summed E-state index contributed by atoms with van der Waals surface area (Å²) in [7, 11) is 0. The van der Waals surface area contributed by atoms with Crippen LogP contribution in [0.3, 0.4) is 0 Å². The second-order valence-electron chi connectivity index (χ2n) is 4.30. The van der Waals surface area contributed by atoms with Crippen LogP contribution in [0.1, 0.15) is 20.8 Å². The van der Waals surface area contributed by atoms with Crippen LogP contribution in [0.2, 0.25) is 5.82 Å². The van der Waals surface area contributed by atoms with E-state index in [2.05, 4.69) is 4.74 Å². The summed E-state index contributed by atoms with van der Waals surface area (Å²) in [5, 5.41) is 0. The van der Waals surface area contributed by atoms with Crippen LogP contribution >= 0.6 is 0 Å². The van der Waals surface area contributed by atoms with Gasteiger partial charge < -0.3 is 17.7 Å². The molecule has 0 aromatic carbocycles. The maximum Gasteiger partial charge on any atom is 1.00 e. The van der Waals surface area contributed by atoms with Crippen LogP contribution in [0.25, 0.3) is 0 Å². The van der Waals surface area contributed by atoms with E-state index in [9.17, 15) is 17.7 Å². The molecule has 0 aromatic heterocycles. The molecule has 1 aliphatic rings. The van der Waals surface area contributed by atoms with Gasteiger partial charge in [-0.05, 0) is 18.8 Å². The Kier molecular flexibility index (Phi) is 6.60. The Hall–Kier alpha value is 0.961. The predicted molar refractivity (Wildman–Crippen MR) is 51.3 cm³/mol. The summed E-state index contributed by atoms with van der Waals surface area (Å²) in [4.78, 5) is 11.3. The van der Waals surface area contributed by atoms with Crippen molar-refractivity contribution in [2.75, 3.05) is 6.61 Å². The fraction of sp³-hybridized carbons (Fsp3) is 0.889. The van der Waals surface area contributed by atoms with Crippen molar-refractivity contribution in [3.8, 4) is 0 Å². The molecule has 7 heteroatoms. The molecular formula is C9H15BF3KO2. The van der Waals surface area contributed by atoms with Gasteiger partial charge in [-0.1, -0.05) is 19.7 Å². The van der Waals surface area contributed by atoms with Gasteiger partial charge in [0.1, 0.15) is 0 Å². The Balaban J connectivity index is 0.00000225. The van der Waals surface area contributed by atoms with E-state index >= 15 is 0 Å². The van der Waals surface area contributed by atoms with Crippen LogP contribution in [-0.2, 0) is 9.53 Å². The van der Waals surface area contributed by atoms with Crippen LogP contribution in [0.5, 0.6) is 0 Å². The molecule has 1 aliphatic carbocycles. The van der Waals surface area contributed by atoms with Gasteiger partial charge in [0.05, 0.1) is 6.61 Å². The number of hydrogen-bond donors (Lipinski definition) is 0. The molecule has 3 unspecified atom stereocenters. The van der Waals surface area contributed by atoms with E-state index in [-0.39, 0.29) is 63.9 Å². The molecule has 16 heavy (non-hydrogen) atoms. The van der Waals surface area contributed by atoms with Crippen LogP contribution in [0, 0.1) is 17.8 Å². The molecular weight excluding hydrogens is 247 g/mol. The maximum absolute atomic E-state index is 12.6. The van der Waals surface area contributed by atoms with Crippen LogP contribution in [-0.4, -0.2) is 19.6 Å². The van der Waals surface area contributed by atoms with Gasteiger partial charge in [0.25, 0.3) is 0 Å². The van der Waals surface area contributed by atoms with Crippen molar-refractivity contribution in [2.24, 2.45) is 17.8 Å². The molecule has 0 spiro atoms. The molecule has 3 atom stereocenters. The van der Waals surface area contributed by atoms with E-state index < -0.39 is 30.6 Å². The summed E-state index contributed by atoms with van der Waals surface area (Å²) in [6.45, 7) is 0.222. The zero-order valence-corrected chi connectivity index (χ0v) is 13.2. The summed E-state index contributed by atoms with van der Waals surface area (Å²) in [6.07, 6.45) is 0. The normalized spacial score (nSPS) is 28.6. The fourth-order valence-corrected chi connectivity index (χ4v) is 2.26. The van der Waals surface area contributed by atoms with E-state index in [1.54, 1.807) is 20.8 Å². The second-order valence-corrected chi connectivity index (χ2v) is 4.30. The van der Waals surface area contributed by atoms with Crippen molar-refractivity contribution in [1.82, 2.24) is 0 Å². The standard InChI is InChI=1S/C9H15BF3O2.K/c1-4-15-9(14)7-6(5(2)3)8(7)10(11,12)13;/h5-8H,4H2,1-3H3;/q-1;+1. The third kappa shape index (κ3) is 3.73. The van der Waals surface area contributed by atoms with Gasteiger partial charge in [-0.3, -0.25) is 4.79 Å². The third-order valence-corrected chi connectivity index (χ3v) is 2.90. The second kappa shape index (κ2) is 6.22. The quantitative estimate of drug-likeness (QED) is 0.512. The summed E-state index contributed by atoms with van der Waals surface area (Å²) in [5.74, 6) is -3.80. The van der Waals surface area contributed by atoms with E-state index in [1.165, 1.54) is 0 Å². The zero-order chi connectivity index (χ0) is 11.8. The third-order valence-electron chi connectivity index (χ3n) is 2.90. The number of hydrogen-bond acceptors (Lipinski definition) is 2. The van der Waals surface area contributed by atoms with Crippen molar-refractivity contribution in [1.29, 1.82) is 0 Å². The summed E-state index contributed by atoms with van der Waals surface area (Å²) >= 11 is 0. The number of carbonyl (C=O) groups is 1. The minimum atomic E-state index is -4.92. The smallest absolute Gasteiger partial charge is 0.466 e. The monoisotopic (exact) mass is 262 g/mol. The first-order valence-electron chi connectivity index (χ1n) is 5.17. The first kappa shape index (κ1) is 17.0.